The fourth-order valence-electron chi connectivity index (χ4n) is 2.93. The van der Waals surface area contributed by atoms with Crippen LogP contribution in [-0.4, -0.2) is 12.5 Å². The summed E-state index contributed by atoms with van der Waals surface area (Å²) in [7, 11) is 0. The minimum atomic E-state index is -0.516. The van der Waals surface area contributed by atoms with Crippen LogP contribution in [0.15, 0.2) is 23.6 Å². The summed E-state index contributed by atoms with van der Waals surface area (Å²) in [6, 6.07) is 4.54. The van der Waals surface area contributed by atoms with E-state index in [1.54, 1.807) is 17.4 Å². The highest BCUT2D eigenvalue weighted by atomic mass is 35.5. The summed E-state index contributed by atoms with van der Waals surface area (Å²) in [6.45, 7) is 0.737. The number of hydrogen-bond acceptors (Lipinski definition) is 3. The molecule has 2 aliphatic rings. The third kappa shape index (κ3) is 1.60. The molecule has 6 heteroatoms. The molecule has 3 heterocycles. The number of rotatable bonds is 0. The van der Waals surface area contributed by atoms with Gasteiger partial charge in [0.1, 0.15) is 11.9 Å². The first kappa shape index (κ1) is 12.2. The molecule has 0 fully saturated rings. The normalized spacial score (nSPS) is 20.0. The minimum absolute atomic E-state index is 0.0785. The Morgan fingerprint density at radius 1 is 1.45 bits per heavy atom. The quantitative estimate of drug-likeness (QED) is 0.806. The molecule has 1 unspecified atom stereocenters. The molecule has 102 valence electrons. The number of halogens is 2. The van der Waals surface area contributed by atoms with E-state index in [1.807, 2.05) is 16.3 Å². The third-order valence-electron chi connectivity index (χ3n) is 3.82. The number of nitrogens with one attached hydrogen (secondary N) is 1. The molecule has 0 saturated heterocycles. The van der Waals surface area contributed by atoms with E-state index in [0.717, 1.165) is 24.2 Å². The predicted octanol–water partition coefficient (Wildman–Crippen LogP) is 3.60. The van der Waals surface area contributed by atoms with Gasteiger partial charge in [0, 0.05) is 17.5 Å². The Kier molecular flexibility index (Phi) is 2.56. The van der Waals surface area contributed by atoms with Crippen molar-refractivity contribution >= 4 is 40.2 Å². The van der Waals surface area contributed by atoms with Crippen LogP contribution < -0.4 is 10.2 Å². The van der Waals surface area contributed by atoms with Crippen LogP contribution in [0.2, 0.25) is 5.02 Å². The third-order valence-corrected chi connectivity index (χ3v) is 5.11. The van der Waals surface area contributed by atoms with E-state index in [0.29, 0.717) is 5.69 Å². The Balaban J connectivity index is 1.89. The second-order valence-electron chi connectivity index (χ2n) is 4.92. The van der Waals surface area contributed by atoms with Gasteiger partial charge in [0.15, 0.2) is 0 Å². The Morgan fingerprint density at radius 3 is 3.15 bits per heavy atom. The van der Waals surface area contributed by atoms with Crippen molar-refractivity contribution in [3.8, 4) is 0 Å². The number of hydrogen-bond donors (Lipinski definition) is 1. The first-order chi connectivity index (χ1) is 9.65. The molecule has 0 saturated carbocycles. The number of nitrogens with zero attached hydrogens (tertiary/aromatic N) is 1. The number of fused-ring (bicyclic) bond motifs is 5. The van der Waals surface area contributed by atoms with E-state index in [1.165, 1.54) is 10.9 Å². The van der Waals surface area contributed by atoms with E-state index in [9.17, 15) is 9.18 Å². The molecule has 2 aliphatic heterocycles. The molecule has 1 aromatic carbocycles. The lowest BCUT2D eigenvalue weighted by Crippen LogP contribution is -2.45. The number of benzene rings is 1. The molecule has 20 heavy (non-hydrogen) atoms. The summed E-state index contributed by atoms with van der Waals surface area (Å²) in [5.41, 5.74) is 2.33. The van der Waals surface area contributed by atoms with Crippen molar-refractivity contribution in [2.24, 2.45) is 0 Å². The topological polar surface area (TPSA) is 32.3 Å². The highest BCUT2D eigenvalue weighted by Crippen LogP contribution is 2.44. The number of carbonyl (C=O) groups is 1. The van der Waals surface area contributed by atoms with E-state index in [4.69, 9.17) is 11.6 Å². The average molecular weight is 309 g/mol. The predicted molar refractivity (Wildman–Crippen MR) is 78.1 cm³/mol. The smallest absolute Gasteiger partial charge is 0.251 e. The SMILES string of the molecule is O=C1Nc2cc(F)c(Cl)cc2N2CCc3sccc3C12. The highest BCUT2D eigenvalue weighted by Gasteiger charge is 2.38. The Labute approximate surface area is 124 Å². The molecule has 1 N–H and O–H groups in total. The summed E-state index contributed by atoms with van der Waals surface area (Å²) in [4.78, 5) is 15.6. The maximum Gasteiger partial charge on any atom is 0.251 e. The number of amides is 1. The summed E-state index contributed by atoms with van der Waals surface area (Å²) in [6.07, 6.45) is 0.894. The summed E-state index contributed by atoms with van der Waals surface area (Å²) in [5, 5.41) is 4.87. The van der Waals surface area contributed by atoms with Gasteiger partial charge in [0.2, 0.25) is 0 Å². The lowest BCUT2D eigenvalue weighted by molar-refractivity contribution is -0.117. The standard InChI is InChI=1S/C14H10ClFN2OS/c15-8-5-11-10(6-9(8)16)17-14(19)13-7-2-4-20-12(7)1-3-18(11)13/h2,4-6,13H,1,3H2,(H,17,19). The molecule has 3 nitrogen and oxygen atoms in total. The Hall–Kier alpha value is -1.59. The number of thiophene rings is 1. The molecule has 0 bridgehead atoms. The van der Waals surface area contributed by atoms with Crippen LogP contribution in [0.1, 0.15) is 16.5 Å². The van der Waals surface area contributed by atoms with Gasteiger partial charge in [0.05, 0.1) is 16.4 Å². The van der Waals surface area contributed by atoms with Gasteiger partial charge >= 0.3 is 0 Å². The van der Waals surface area contributed by atoms with Gasteiger partial charge in [-0.05, 0) is 29.5 Å². The van der Waals surface area contributed by atoms with Crippen molar-refractivity contribution in [3.05, 3.63) is 44.9 Å². The van der Waals surface area contributed by atoms with Gasteiger partial charge in [-0.2, -0.15) is 0 Å². The van der Waals surface area contributed by atoms with E-state index >= 15 is 0 Å². The van der Waals surface area contributed by atoms with Crippen molar-refractivity contribution in [2.45, 2.75) is 12.5 Å². The average Bonchev–Trinajstić information content (AvgIpc) is 2.89. The van der Waals surface area contributed by atoms with E-state index in [2.05, 4.69) is 5.32 Å². The van der Waals surface area contributed by atoms with Gasteiger partial charge in [-0.25, -0.2) is 4.39 Å². The molecule has 4 rings (SSSR count). The van der Waals surface area contributed by atoms with Gasteiger partial charge in [-0.15, -0.1) is 11.3 Å². The van der Waals surface area contributed by atoms with Crippen molar-refractivity contribution in [3.63, 3.8) is 0 Å². The first-order valence-electron chi connectivity index (χ1n) is 6.28. The molecular weight excluding hydrogens is 299 g/mol. The van der Waals surface area contributed by atoms with Crippen LogP contribution in [0, 0.1) is 5.82 Å². The van der Waals surface area contributed by atoms with Crippen LogP contribution in [0.5, 0.6) is 0 Å². The monoisotopic (exact) mass is 308 g/mol. The highest BCUT2D eigenvalue weighted by molar-refractivity contribution is 7.10. The molecule has 1 aromatic heterocycles. The maximum atomic E-state index is 13.5. The van der Waals surface area contributed by atoms with Gasteiger partial charge in [0.25, 0.3) is 5.91 Å². The van der Waals surface area contributed by atoms with Crippen LogP contribution in [-0.2, 0) is 11.2 Å². The number of anilines is 2. The summed E-state index contributed by atoms with van der Waals surface area (Å²) in [5.74, 6) is -0.629. The Bertz CT molecular complexity index is 730. The van der Waals surface area contributed by atoms with E-state index < -0.39 is 5.82 Å². The van der Waals surface area contributed by atoms with Crippen molar-refractivity contribution < 1.29 is 9.18 Å². The fraction of sp³-hybridized carbons (Fsp3) is 0.214. The zero-order valence-electron chi connectivity index (χ0n) is 10.3. The molecule has 1 atom stereocenters. The molecular formula is C14H10ClFN2OS. The number of carbonyl (C=O) groups excluding carboxylic acids is 1. The lowest BCUT2D eigenvalue weighted by Gasteiger charge is -2.41. The summed E-state index contributed by atoms with van der Waals surface area (Å²) < 4.78 is 13.5. The summed E-state index contributed by atoms with van der Waals surface area (Å²) >= 11 is 7.56. The molecule has 0 radical (unpaired) electrons. The molecule has 0 spiro atoms. The van der Waals surface area contributed by atoms with Crippen molar-refractivity contribution in [2.75, 3.05) is 16.8 Å². The molecule has 0 aliphatic carbocycles. The Morgan fingerprint density at radius 2 is 2.30 bits per heavy atom. The van der Waals surface area contributed by atoms with Crippen molar-refractivity contribution in [1.29, 1.82) is 0 Å². The van der Waals surface area contributed by atoms with Crippen LogP contribution in [0.3, 0.4) is 0 Å². The second kappa shape index (κ2) is 4.20. The maximum absolute atomic E-state index is 13.5. The van der Waals surface area contributed by atoms with Crippen LogP contribution in [0.25, 0.3) is 0 Å². The van der Waals surface area contributed by atoms with Gasteiger partial charge in [-0.3, -0.25) is 4.79 Å². The van der Waals surface area contributed by atoms with Gasteiger partial charge < -0.3 is 10.2 Å². The largest absolute Gasteiger partial charge is 0.354 e. The molecule has 1 amide bonds. The second-order valence-corrected chi connectivity index (χ2v) is 6.33. The molecule has 2 aromatic rings. The zero-order chi connectivity index (χ0) is 13.9. The van der Waals surface area contributed by atoms with Crippen molar-refractivity contribution in [1.82, 2.24) is 0 Å². The van der Waals surface area contributed by atoms with Crippen LogP contribution >= 0.6 is 22.9 Å². The van der Waals surface area contributed by atoms with Crippen LogP contribution in [0.4, 0.5) is 15.8 Å². The first-order valence-corrected chi connectivity index (χ1v) is 7.54. The fourth-order valence-corrected chi connectivity index (χ4v) is 4.00. The van der Waals surface area contributed by atoms with Gasteiger partial charge in [-0.1, -0.05) is 11.6 Å². The minimum Gasteiger partial charge on any atom is -0.354 e. The zero-order valence-corrected chi connectivity index (χ0v) is 11.9. The lowest BCUT2D eigenvalue weighted by atomic mass is 9.95. The van der Waals surface area contributed by atoms with E-state index in [-0.39, 0.29) is 17.0 Å².